The van der Waals surface area contributed by atoms with Gasteiger partial charge in [-0.25, -0.2) is 0 Å². The molecule has 0 heterocycles. The van der Waals surface area contributed by atoms with Gasteiger partial charge in [-0.15, -0.1) is 0 Å². The van der Waals surface area contributed by atoms with Crippen molar-refractivity contribution in [2.75, 3.05) is 0 Å². The van der Waals surface area contributed by atoms with Crippen molar-refractivity contribution < 1.29 is 88.1 Å². The van der Waals surface area contributed by atoms with Crippen LogP contribution in [0.5, 0.6) is 0 Å². The largest absolute Gasteiger partial charge is 2.00 e. The number of nitrogens with one attached hydrogen (secondary N) is 2. The van der Waals surface area contributed by atoms with Gasteiger partial charge >= 0.3 is 39.0 Å². The molecular weight excluding hydrogens is 994 g/mol. The van der Waals surface area contributed by atoms with E-state index >= 15 is 0 Å². The first-order valence-electron chi connectivity index (χ1n) is 21.6. The van der Waals surface area contributed by atoms with Crippen LogP contribution in [0.15, 0.2) is 73.1 Å². The van der Waals surface area contributed by atoms with Gasteiger partial charge in [0.05, 0.1) is 0 Å². The Morgan fingerprint density at radius 1 is 0.469 bits per heavy atom. The molecule has 2 aromatic rings. The van der Waals surface area contributed by atoms with Gasteiger partial charge < -0.3 is 50.2 Å². The molecular formula is C50H58N2O10Rh2. The van der Waals surface area contributed by atoms with Crippen LogP contribution in [0, 0.1) is 35.5 Å². The van der Waals surface area contributed by atoms with Gasteiger partial charge in [0.25, 0.3) is 0 Å². The first-order valence-corrected chi connectivity index (χ1v) is 21.6. The number of carbonyl (C=O) groups excluding carboxylic acids is 6. The summed E-state index contributed by atoms with van der Waals surface area (Å²) in [5, 5.41) is 43.1. The van der Waals surface area contributed by atoms with Gasteiger partial charge in [0.1, 0.15) is 0 Å². The summed E-state index contributed by atoms with van der Waals surface area (Å²) in [6.07, 6.45) is 27.8. The van der Waals surface area contributed by atoms with Crippen LogP contribution < -0.4 is 31.1 Å². The number of benzene rings is 2. The van der Waals surface area contributed by atoms with E-state index in [0.717, 1.165) is 96.6 Å². The Morgan fingerprint density at radius 3 is 0.953 bits per heavy atom. The van der Waals surface area contributed by atoms with E-state index in [0.29, 0.717) is 0 Å². The normalized spacial score (nSPS) is 29.5. The molecule has 8 bridgehead atoms. The minimum atomic E-state index is -1.08. The minimum Gasteiger partial charge on any atom is -0.550 e. The second kappa shape index (κ2) is 24.1. The molecule has 0 unspecified atom stereocenters. The van der Waals surface area contributed by atoms with Crippen molar-refractivity contribution in [2.45, 2.75) is 116 Å². The maximum atomic E-state index is 12.4. The smallest absolute Gasteiger partial charge is 0.550 e. The van der Waals surface area contributed by atoms with Crippen LogP contribution in [-0.4, -0.2) is 46.5 Å². The summed E-state index contributed by atoms with van der Waals surface area (Å²) in [5.41, 5.74) is 6.61. The van der Waals surface area contributed by atoms with Crippen LogP contribution in [0.4, 0.5) is 0 Å². The van der Waals surface area contributed by atoms with Crippen LogP contribution in [0.1, 0.15) is 127 Å². The molecule has 64 heavy (non-hydrogen) atoms. The summed E-state index contributed by atoms with van der Waals surface area (Å²) in [7, 11) is 0. The Morgan fingerprint density at radius 2 is 0.703 bits per heavy atom. The van der Waals surface area contributed by atoms with E-state index < -0.39 is 23.9 Å². The molecule has 14 heteroatoms. The van der Waals surface area contributed by atoms with Crippen molar-refractivity contribution in [3.63, 3.8) is 0 Å². The van der Waals surface area contributed by atoms with Gasteiger partial charge in [-0.1, -0.05) is 60.7 Å². The molecule has 0 spiro atoms. The SMILES string of the molecule is CC(=O)[O-].CC(=O)[O-].CC(=O)[O-].CC(=O)[O-].O=C1C=Cc2ccccc2/C1=C/NC12CC3CC(CC(C3)C1)C2.O=C1C=Cc2ccccc2/C1=C/NC12CC3CC(CC(C3)C1)C2.[Rh+2].[Rh+2]. The predicted octanol–water partition coefficient (Wildman–Crippen LogP) is 3.38. The number of carbonyl (C=O) groups is 6. The van der Waals surface area contributed by atoms with E-state index in [2.05, 4.69) is 34.9 Å². The Hall–Kier alpha value is -4.53. The van der Waals surface area contributed by atoms with E-state index in [4.69, 9.17) is 39.6 Å². The average molecular weight is 1050 g/mol. The van der Waals surface area contributed by atoms with Crippen LogP contribution in [0.3, 0.4) is 0 Å². The van der Waals surface area contributed by atoms with Crippen molar-refractivity contribution in [2.24, 2.45) is 35.5 Å². The number of carboxylic acid groups (broad SMARTS) is 4. The molecule has 0 aromatic heterocycles. The topological polar surface area (TPSA) is 219 Å². The molecule has 8 fully saturated rings. The summed E-state index contributed by atoms with van der Waals surface area (Å²) >= 11 is 0. The minimum absolute atomic E-state index is 0. The number of fused-ring (bicyclic) bond motifs is 2. The van der Waals surface area contributed by atoms with E-state index in [1.165, 1.54) is 77.0 Å². The van der Waals surface area contributed by atoms with Gasteiger partial charge in [0, 0.05) is 58.5 Å². The fourth-order valence-corrected chi connectivity index (χ4v) is 11.9. The molecule has 0 amide bonds. The van der Waals surface area contributed by atoms with E-state index in [-0.39, 0.29) is 61.6 Å². The molecule has 0 saturated heterocycles. The van der Waals surface area contributed by atoms with Gasteiger partial charge in [-0.3, -0.25) is 9.59 Å². The van der Waals surface area contributed by atoms with E-state index in [9.17, 15) is 9.59 Å². The second-order valence-corrected chi connectivity index (χ2v) is 18.3. The molecule has 2 N–H and O–H groups in total. The number of ketones is 2. The van der Waals surface area contributed by atoms with Crippen LogP contribution in [0.2, 0.25) is 0 Å². The molecule has 12 rings (SSSR count). The number of aliphatic carboxylic acids is 4. The number of allylic oxidation sites excluding steroid dienone is 4. The third-order valence-electron chi connectivity index (χ3n) is 13.0. The number of rotatable bonds is 4. The number of carboxylic acids is 4. The molecule has 10 aliphatic rings. The van der Waals surface area contributed by atoms with Crippen molar-refractivity contribution in [1.29, 1.82) is 0 Å². The average Bonchev–Trinajstić information content (AvgIpc) is 3.15. The van der Waals surface area contributed by atoms with Gasteiger partial charge in [-0.05, 0) is 175 Å². The summed E-state index contributed by atoms with van der Waals surface area (Å²) in [6, 6.07) is 16.4. The standard InChI is InChI=1S/2C21H23NO.4C2H4O2.2Rh/c2*23-20-6-5-17-3-1-2-4-18(17)19(20)13-22-21-10-14-7-15(11-21)9-16(8-14)12-21;4*1-2(3)4;;/h2*1-6,13-16,22H,7-12H2;4*1H3,(H,3,4);;/q;;;;;;2*+2/p-4/b2*19-13-;;;;;;. The summed E-state index contributed by atoms with van der Waals surface area (Å²) in [5.74, 6) is 1.43. The molecule has 10 aliphatic carbocycles. The van der Waals surface area contributed by atoms with Crippen LogP contribution in [0.25, 0.3) is 23.3 Å². The first kappa shape index (κ1) is 53.8. The fraction of sp³-hybridized carbons (Fsp3) is 0.480. The van der Waals surface area contributed by atoms with Crippen molar-refractivity contribution in [1.82, 2.24) is 10.6 Å². The van der Waals surface area contributed by atoms with E-state index in [1.54, 1.807) is 12.2 Å². The van der Waals surface area contributed by atoms with Gasteiger partial charge in [0.15, 0.2) is 11.6 Å². The summed E-state index contributed by atoms with van der Waals surface area (Å²) in [4.78, 5) is 60.3. The maximum absolute atomic E-state index is 12.4. The van der Waals surface area contributed by atoms with E-state index in [1.807, 2.05) is 48.8 Å². The molecule has 346 valence electrons. The Bertz CT molecular complexity index is 1880. The fourth-order valence-electron chi connectivity index (χ4n) is 11.9. The quantitative estimate of drug-likeness (QED) is 0.333. The van der Waals surface area contributed by atoms with Crippen molar-refractivity contribution in [3.05, 3.63) is 95.3 Å². The first-order chi connectivity index (χ1) is 29.3. The predicted molar refractivity (Wildman–Crippen MR) is 228 cm³/mol. The zero-order valence-electron chi connectivity index (χ0n) is 36.8. The summed E-state index contributed by atoms with van der Waals surface area (Å²) in [6.45, 7) is 3.89. The van der Waals surface area contributed by atoms with Crippen LogP contribution >= 0.6 is 0 Å². The number of hydrogen-bond acceptors (Lipinski definition) is 12. The summed E-state index contributed by atoms with van der Waals surface area (Å²) < 4.78 is 0. The van der Waals surface area contributed by atoms with Gasteiger partial charge in [-0.2, -0.15) is 0 Å². The zero-order valence-corrected chi connectivity index (χ0v) is 40.1. The van der Waals surface area contributed by atoms with Crippen LogP contribution in [-0.2, 0) is 67.7 Å². The van der Waals surface area contributed by atoms with Crippen molar-refractivity contribution in [3.8, 4) is 0 Å². The Kier molecular flexibility index (Phi) is 20.3. The number of hydrogen-bond donors (Lipinski definition) is 2. The maximum Gasteiger partial charge on any atom is 2.00 e. The third kappa shape index (κ3) is 15.3. The monoisotopic (exact) mass is 1050 g/mol. The molecule has 8 saturated carbocycles. The Labute approximate surface area is 402 Å². The second-order valence-electron chi connectivity index (χ2n) is 18.3. The zero-order chi connectivity index (χ0) is 45.2. The molecule has 2 aromatic carbocycles. The molecule has 12 nitrogen and oxygen atoms in total. The molecule has 0 aliphatic heterocycles. The third-order valence-corrected chi connectivity index (χ3v) is 13.0. The molecule has 0 atom stereocenters. The van der Waals surface area contributed by atoms with Gasteiger partial charge in [0.2, 0.25) is 0 Å². The molecule has 2 radical (unpaired) electrons. The Balaban J connectivity index is 0.000000250. The van der Waals surface area contributed by atoms with Crippen molar-refractivity contribution >= 4 is 58.7 Å².